The van der Waals surface area contributed by atoms with E-state index in [9.17, 15) is 0 Å². The molecule has 0 bridgehead atoms. The Balaban J connectivity index is 0.00000147. The van der Waals surface area contributed by atoms with E-state index in [1.54, 1.807) is 10.4 Å². The van der Waals surface area contributed by atoms with E-state index in [-0.39, 0.29) is 51.0 Å². The first-order valence-electron chi connectivity index (χ1n) is 13.6. The van der Waals surface area contributed by atoms with Crippen LogP contribution in [0, 0.1) is 0 Å². The Labute approximate surface area is 271 Å². The molecule has 0 aliphatic heterocycles. The van der Waals surface area contributed by atoms with Crippen LogP contribution in [-0.2, 0) is 39.0 Å². The minimum Gasteiger partial charge on any atom is -1.00 e. The Morgan fingerprint density at radius 2 is 0.900 bits per heavy atom. The van der Waals surface area contributed by atoms with E-state index in [0.717, 1.165) is 12.8 Å². The zero-order valence-corrected chi connectivity index (χ0v) is 28.5. The number of hydrogen-bond acceptors (Lipinski definition) is 0. The average molecular weight is 657 g/mol. The van der Waals surface area contributed by atoms with Gasteiger partial charge in [0.05, 0.1) is 0 Å². The molecule has 0 saturated heterocycles. The molecule has 0 heterocycles. The van der Waals surface area contributed by atoms with Crippen molar-refractivity contribution in [1.82, 2.24) is 0 Å². The second-order valence-electron chi connectivity index (χ2n) is 10.7. The molecule has 0 N–H and O–H groups in total. The smallest absolute Gasteiger partial charge is 1.00 e. The van der Waals surface area contributed by atoms with Crippen molar-refractivity contribution in [1.29, 1.82) is 0 Å². The molecule has 200 valence electrons. The van der Waals surface area contributed by atoms with E-state index in [1.165, 1.54) is 54.9 Å². The Morgan fingerprint density at radius 3 is 1.25 bits per heavy atom. The van der Waals surface area contributed by atoms with Crippen LogP contribution in [0.5, 0.6) is 0 Å². The number of aryl methyl sites for hydroxylation is 2. The van der Waals surface area contributed by atoms with Gasteiger partial charge in [-0.25, -0.2) is 0 Å². The zero-order valence-electron chi connectivity index (χ0n) is 23.6. The van der Waals surface area contributed by atoms with Crippen molar-refractivity contribution in [2.45, 2.75) is 39.8 Å². The molecular weight excluding hydrogens is 623 g/mol. The van der Waals surface area contributed by atoms with Gasteiger partial charge in [0.25, 0.3) is 0 Å². The Hall–Kier alpha value is -2.22. The van der Waals surface area contributed by atoms with Crippen LogP contribution in [0.3, 0.4) is 0 Å². The van der Waals surface area contributed by atoms with Crippen molar-refractivity contribution in [3.8, 4) is 22.3 Å². The van der Waals surface area contributed by atoms with Crippen molar-refractivity contribution in [2.24, 2.45) is 0 Å². The van der Waals surface area contributed by atoms with E-state index in [0.29, 0.717) is 0 Å². The van der Waals surface area contributed by atoms with E-state index >= 15 is 0 Å². The molecule has 0 saturated carbocycles. The molecule has 0 fully saturated rings. The topological polar surface area (TPSA) is 0 Å². The van der Waals surface area contributed by atoms with Crippen LogP contribution in [0.2, 0.25) is 13.1 Å². The fraction of sp³-hybridized carbons (Fsp3) is 0.167. The first kappa shape index (κ1) is 32.3. The normalized spacial score (nSPS) is 11.1. The molecule has 4 heteroatoms. The van der Waals surface area contributed by atoms with Gasteiger partial charge in [0.15, 0.2) is 0 Å². The SMILES string of the molecule is CCc1[cH-]c2cccc(-c3ccccc3)c2c1[Si](C)(C)c1c(CC)[cH-]c2cccc(-c3ccccc3)c12.[Cl-].[Cl-].[Zr+4]. The summed E-state index contributed by atoms with van der Waals surface area (Å²) in [5.74, 6) is 0. The quantitative estimate of drug-likeness (QED) is 0.191. The van der Waals surface area contributed by atoms with Gasteiger partial charge < -0.3 is 24.8 Å². The molecule has 6 aromatic rings. The van der Waals surface area contributed by atoms with Gasteiger partial charge in [-0.2, -0.15) is 10.4 Å². The van der Waals surface area contributed by atoms with Gasteiger partial charge in [0.1, 0.15) is 0 Å². The van der Waals surface area contributed by atoms with Crippen molar-refractivity contribution in [3.05, 3.63) is 120 Å². The summed E-state index contributed by atoms with van der Waals surface area (Å²) in [6.07, 6.45) is 2.11. The molecule has 0 aliphatic rings. The molecule has 0 aromatic heterocycles. The number of fused-ring (bicyclic) bond motifs is 2. The van der Waals surface area contributed by atoms with Crippen LogP contribution in [0.4, 0.5) is 0 Å². The largest absolute Gasteiger partial charge is 4.00 e. The third-order valence-corrected chi connectivity index (χ3v) is 11.8. The molecule has 0 amide bonds. The summed E-state index contributed by atoms with van der Waals surface area (Å²) < 4.78 is 0. The molecule has 40 heavy (non-hydrogen) atoms. The summed E-state index contributed by atoms with van der Waals surface area (Å²) in [5.41, 5.74) is 8.38. The number of hydrogen-bond donors (Lipinski definition) is 0. The van der Waals surface area contributed by atoms with Gasteiger partial charge in [-0.3, -0.25) is 0 Å². The first-order chi connectivity index (χ1) is 18.0. The zero-order chi connectivity index (χ0) is 25.6. The van der Waals surface area contributed by atoms with Crippen LogP contribution in [-0.4, -0.2) is 8.07 Å². The number of halogens is 2. The summed E-state index contributed by atoms with van der Waals surface area (Å²) in [6, 6.07) is 40.6. The van der Waals surface area contributed by atoms with Crippen molar-refractivity contribution in [3.63, 3.8) is 0 Å². The standard InChI is InChI=1S/C36H34Si.2ClH.Zr/c1-5-25-23-29-19-13-21-31(27-15-9-7-10-16-27)33(29)35(25)37(3,4)36-26(6-2)24-30-20-14-22-32(34(30)36)28-17-11-8-12-18-28;;;/h7-24H,5-6H2,1-4H3;2*1H;/q-2;;;+4/p-2. The third-order valence-electron chi connectivity index (χ3n) is 8.18. The summed E-state index contributed by atoms with van der Waals surface area (Å²) in [6.45, 7) is 9.84. The molecule has 0 atom stereocenters. The van der Waals surface area contributed by atoms with Crippen LogP contribution < -0.4 is 35.2 Å². The maximum atomic E-state index is 2.60. The molecule has 0 radical (unpaired) electrons. The minimum absolute atomic E-state index is 0. The third kappa shape index (κ3) is 5.37. The molecule has 6 rings (SSSR count). The molecule has 6 aromatic carbocycles. The predicted molar refractivity (Wildman–Crippen MR) is 165 cm³/mol. The van der Waals surface area contributed by atoms with Crippen molar-refractivity contribution in [2.75, 3.05) is 0 Å². The molecule has 0 spiro atoms. The second kappa shape index (κ2) is 13.2. The summed E-state index contributed by atoms with van der Waals surface area (Å²) in [4.78, 5) is 0. The van der Waals surface area contributed by atoms with Gasteiger partial charge in [0.2, 0.25) is 0 Å². The van der Waals surface area contributed by atoms with Crippen LogP contribution >= 0.6 is 0 Å². The van der Waals surface area contributed by atoms with Crippen LogP contribution in [0.1, 0.15) is 25.0 Å². The van der Waals surface area contributed by atoms with E-state index in [2.05, 4.69) is 136 Å². The average Bonchev–Trinajstić information content (AvgIpc) is 3.53. The fourth-order valence-electron chi connectivity index (χ4n) is 6.61. The number of benzene rings is 4. The molecule has 0 nitrogen and oxygen atoms in total. The van der Waals surface area contributed by atoms with E-state index in [4.69, 9.17) is 0 Å². The summed E-state index contributed by atoms with van der Waals surface area (Å²) in [5, 5.41) is 8.94. The van der Waals surface area contributed by atoms with Gasteiger partial charge in [-0.05, 0) is 24.0 Å². The minimum atomic E-state index is -2.14. The van der Waals surface area contributed by atoms with Crippen LogP contribution in [0.25, 0.3) is 43.8 Å². The Kier molecular flexibility index (Phi) is 10.6. The van der Waals surface area contributed by atoms with Crippen molar-refractivity contribution >= 4 is 40.0 Å². The van der Waals surface area contributed by atoms with E-state index < -0.39 is 8.07 Å². The molecular formula is C36H34Cl2SiZr. The van der Waals surface area contributed by atoms with Crippen molar-refractivity contribution < 1.29 is 51.0 Å². The Bertz CT molecular complexity index is 1590. The Morgan fingerprint density at radius 1 is 0.525 bits per heavy atom. The fourth-order valence-corrected chi connectivity index (χ4v) is 10.8. The van der Waals surface area contributed by atoms with Gasteiger partial charge in [-0.15, -0.1) is 69.1 Å². The maximum absolute atomic E-state index is 2.60. The van der Waals surface area contributed by atoms with Gasteiger partial charge in [-0.1, -0.05) is 111 Å². The van der Waals surface area contributed by atoms with Crippen LogP contribution in [0.15, 0.2) is 109 Å². The summed E-state index contributed by atoms with van der Waals surface area (Å²) >= 11 is 0. The summed E-state index contributed by atoms with van der Waals surface area (Å²) in [7, 11) is -2.14. The first-order valence-corrected chi connectivity index (χ1v) is 16.6. The molecule has 0 unspecified atom stereocenters. The van der Waals surface area contributed by atoms with Gasteiger partial charge in [0, 0.05) is 8.07 Å². The second-order valence-corrected chi connectivity index (χ2v) is 14.9. The predicted octanol–water partition coefficient (Wildman–Crippen LogP) is 2.72. The van der Waals surface area contributed by atoms with E-state index in [1.807, 2.05) is 0 Å². The monoisotopic (exact) mass is 654 g/mol. The van der Waals surface area contributed by atoms with Gasteiger partial charge >= 0.3 is 26.2 Å². The molecule has 0 aliphatic carbocycles. The number of rotatable bonds is 6. The maximum Gasteiger partial charge on any atom is 4.00 e.